The number of halogens is 3. The second-order valence-electron chi connectivity index (χ2n) is 6.01. The summed E-state index contributed by atoms with van der Waals surface area (Å²) in [7, 11) is 0. The zero-order valence-electron chi connectivity index (χ0n) is 11.7. The first-order chi connectivity index (χ1) is 9.79. The van der Waals surface area contributed by atoms with Crippen molar-refractivity contribution in [2.75, 3.05) is 13.2 Å². The van der Waals surface area contributed by atoms with E-state index in [0.29, 0.717) is 31.6 Å². The monoisotopic (exact) mass is 301 g/mol. The van der Waals surface area contributed by atoms with Crippen molar-refractivity contribution in [3.05, 3.63) is 34.9 Å². The van der Waals surface area contributed by atoms with E-state index in [9.17, 15) is 18.3 Å². The number of rotatable bonds is 1. The lowest BCUT2D eigenvalue weighted by Gasteiger charge is -2.45. The molecule has 6 heteroatoms. The Kier molecular flexibility index (Phi) is 3.50. The highest BCUT2D eigenvalue weighted by molar-refractivity contribution is 5.40. The molecule has 1 aromatic rings. The van der Waals surface area contributed by atoms with Crippen LogP contribution in [0.3, 0.4) is 0 Å². The summed E-state index contributed by atoms with van der Waals surface area (Å²) in [6.45, 7) is 2.40. The van der Waals surface area contributed by atoms with Crippen LogP contribution in [-0.4, -0.2) is 30.4 Å². The molecule has 2 heterocycles. The quantitative estimate of drug-likeness (QED) is 0.836. The van der Waals surface area contributed by atoms with Gasteiger partial charge in [-0.1, -0.05) is 12.1 Å². The predicted molar refractivity (Wildman–Crippen MR) is 70.8 cm³/mol. The first kappa shape index (κ1) is 14.8. The minimum Gasteiger partial charge on any atom is -0.385 e. The molecule has 2 saturated heterocycles. The minimum atomic E-state index is -4.40. The van der Waals surface area contributed by atoms with E-state index < -0.39 is 17.3 Å². The van der Waals surface area contributed by atoms with Crippen LogP contribution in [0.2, 0.25) is 0 Å². The fraction of sp³-hybridized carbons (Fsp3) is 0.600. The molecule has 2 aliphatic rings. The fourth-order valence-corrected chi connectivity index (χ4v) is 3.58. The van der Waals surface area contributed by atoms with Crippen molar-refractivity contribution in [2.24, 2.45) is 0 Å². The summed E-state index contributed by atoms with van der Waals surface area (Å²) in [6, 6.07) is 4.00. The maximum atomic E-state index is 13.0. The highest BCUT2D eigenvalue weighted by Gasteiger charge is 2.44. The van der Waals surface area contributed by atoms with Crippen LogP contribution >= 0.6 is 0 Å². The topological polar surface area (TPSA) is 41.5 Å². The van der Waals surface area contributed by atoms with Crippen LogP contribution in [0.15, 0.2) is 18.2 Å². The highest BCUT2D eigenvalue weighted by atomic mass is 19.4. The van der Waals surface area contributed by atoms with Gasteiger partial charge in [0.25, 0.3) is 0 Å². The molecule has 21 heavy (non-hydrogen) atoms. The van der Waals surface area contributed by atoms with Gasteiger partial charge in [-0.2, -0.15) is 13.2 Å². The van der Waals surface area contributed by atoms with Gasteiger partial charge >= 0.3 is 6.18 Å². The number of morpholine rings is 1. The number of fused-ring (bicyclic) bond motifs is 2. The Labute approximate surface area is 121 Å². The van der Waals surface area contributed by atoms with E-state index in [2.05, 4.69) is 5.32 Å². The maximum Gasteiger partial charge on any atom is 0.416 e. The van der Waals surface area contributed by atoms with E-state index in [1.54, 1.807) is 6.07 Å². The van der Waals surface area contributed by atoms with Crippen LogP contribution in [0, 0.1) is 6.92 Å². The Morgan fingerprint density at radius 2 is 1.86 bits per heavy atom. The minimum absolute atomic E-state index is 0.0172. The molecule has 3 nitrogen and oxygen atoms in total. The van der Waals surface area contributed by atoms with Crippen LogP contribution < -0.4 is 5.32 Å². The van der Waals surface area contributed by atoms with Crippen molar-refractivity contribution >= 4 is 0 Å². The van der Waals surface area contributed by atoms with E-state index in [0.717, 1.165) is 6.07 Å². The fourth-order valence-electron chi connectivity index (χ4n) is 3.58. The smallest absolute Gasteiger partial charge is 0.385 e. The number of hydrogen-bond donors (Lipinski definition) is 2. The van der Waals surface area contributed by atoms with Gasteiger partial charge in [-0.05, 0) is 37.0 Å². The first-order valence-electron chi connectivity index (χ1n) is 7.03. The molecule has 2 aliphatic heterocycles. The number of aliphatic hydroxyl groups is 1. The van der Waals surface area contributed by atoms with E-state index >= 15 is 0 Å². The second-order valence-corrected chi connectivity index (χ2v) is 6.01. The average Bonchev–Trinajstić information content (AvgIpc) is 2.36. The third kappa shape index (κ3) is 2.67. The van der Waals surface area contributed by atoms with Gasteiger partial charge in [0.1, 0.15) is 0 Å². The molecule has 1 aromatic carbocycles. The molecule has 2 atom stereocenters. The van der Waals surface area contributed by atoms with Gasteiger partial charge in [0.15, 0.2) is 0 Å². The molecule has 2 fully saturated rings. The van der Waals surface area contributed by atoms with Crippen LogP contribution in [0.5, 0.6) is 0 Å². The molecule has 3 rings (SSSR count). The van der Waals surface area contributed by atoms with Gasteiger partial charge in [0.05, 0.1) is 24.4 Å². The summed E-state index contributed by atoms with van der Waals surface area (Å²) in [5.41, 5.74) is -1.40. The summed E-state index contributed by atoms with van der Waals surface area (Å²) in [6.07, 6.45) is -3.67. The van der Waals surface area contributed by atoms with Crippen molar-refractivity contribution < 1.29 is 23.0 Å². The van der Waals surface area contributed by atoms with Crippen LogP contribution in [0.25, 0.3) is 0 Å². The molecular formula is C15H18F3NO2. The average molecular weight is 301 g/mol. The van der Waals surface area contributed by atoms with Gasteiger partial charge in [0.2, 0.25) is 0 Å². The molecule has 0 spiro atoms. The summed E-state index contributed by atoms with van der Waals surface area (Å²) in [5, 5.41) is 14.3. The van der Waals surface area contributed by atoms with Gasteiger partial charge < -0.3 is 15.2 Å². The van der Waals surface area contributed by atoms with Crippen molar-refractivity contribution in [3.8, 4) is 0 Å². The van der Waals surface area contributed by atoms with Crippen molar-refractivity contribution in [1.29, 1.82) is 0 Å². The van der Waals surface area contributed by atoms with Crippen molar-refractivity contribution in [2.45, 2.75) is 43.6 Å². The molecular weight excluding hydrogens is 283 g/mol. The molecule has 0 aromatic heterocycles. The van der Waals surface area contributed by atoms with Crippen molar-refractivity contribution in [1.82, 2.24) is 5.32 Å². The number of benzene rings is 1. The Bertz CT molecular complexity index is 532. The molecule has 0 aliphatic carbocycles. The molecule has 2 unspecified atom stereocenters. The molecule has 2 N–H and O–H groups in total. The van der Waals surface area contributed by atoms with Crippen molar-refractivity contribution in [3.63, 3.8) is 0 Å². The van der Waals surface area contributed by atoms with Crippen LogP contribution in [0.1, 0.15) is 29.5 Å². The van der Waals surface area contributed by atoms with E-state index in [-0.39, 0.29) is 17.6 Å². The normalized spacial score (nSPS) is 33.0. The van der Waals surface area contributed by atoms with Gasteiger partial charge in [0, 0.05) is 12.1 Å². The lowest BCUT2D eigenvalue weighted by atomic mass is 9.76. The Balaban J connectivity index is 2.00. The molecule has 2 bridgehead atoms. The number of alkyl halides is 3. The van der Waals surface area contributed by atoms with Crippen LogP contribution in [0.4, 0.5) is 13.2 Å². The third-order valence-electron chi connectivity index (χ3n) is 4.42. The molecule has 0 amide bonds. The maximum absolute atomic E-state index is 13.0. The summed E-state index contributed by atoms with van der Waals surface area (Å²) >= 11 is 0. The number of piperidine rings is 1. The Morgan fingerprint density at radius 1 is 1.24 bits per heavy atom. The lowest BCUT2D eigenvalue weighted by Crippen LogP contribution is -2.58. The molecule has 116 valence electrons. The van der Waals surface area contributed by atoms with E-state index in [1.807, 2.05) is 0 Å². The first-order valence-corrected chi connectivity index (χ1v) is 7.03. The SMILES string of the molecule is Cc1c(C(F)(F)F)cccc1C1(O)CC2COCC(C1)N2. The number of ether oxygens (including phenoxy) is 1. The van der Waals surface area contributed by atoms with Gasteiger partial charge in [-0.25, -0.2) is 0 Å². The van der Waals surface area contributed by atoms with Gasteiger partial charge in [-0.3, -0.25) is 0 Å². The zero-order valence-corrected chi connectivity index (χ0v) is 11.7. The molecule has 0 radical (unpaired) electrons. The largest absolute Gasteiger partial charge is 0.416 e. The lowest BCUT2D eigenvalue weighted by molar-refractivity contribution is -0.138. The second kappa shape index (κ2) is 4.97. The summed E-state index contributed by atoms with van der Waals surface area (Å²) in [5.74, 6) is 0. The molecule has 0 saturated carbocycles. The van der Waals surface area contributed by atoms with Crippen LogP contribution in [-0.2, 0) is 16.5 Å². The summed E-state index contributed by atoms with van der Waals surface area (Å²) in [4.78, 5) is 0. The summed E-state index contributed by atoms with van der Waals surface area (Å²) < 4.78 is 44.5. The standard InChI is InChI=1S/C15H18F3NO2/c1-9-12(3-2-4-13(9)15(16,17)18)14(20)5-10-7-21-8-11(6-14)19-10/h2-4,10-11,19-20H,5-8H2,1H3. The Hall–Kier alpha value is -1.11. The zero-order chi connectivity index (χ0) is 15.3. The number of nitrogens with one attached hydrogen (secondary N) is 1. The van der Waals surface area contributed by atoms with E-state index in [4.69, 9.17) is 4.74 Å². The van der Waals surface area contributed by atoms with Gasteiger partial charge in [-0.15, -0.1) is 0 Å². The number of hydrogen-bond acceptors (Lipinski definition) is 3. The predicted octanol–water partition coefficient (Wildman–Crippen LogP) is 2.35. The van der Waals surface area contributed by atoms with E-state index in [1.165, 1.54) is 13.0 Å². The Morgan fingerprint density at radius 3 is 2.43 bits per heavy atom. The highest BCUT2D eigenvalue weighted by Crippen LogP contribution is 2.41. The third-order valence-corrected chi connectivity index (χ3v) is 4.42.